The quantitative estimate of drug-likeness (QED) is 0.219. The first-order valence-corrected chi connectivity index (χ1v) is 12.9. The number of pyridine rings is 1. The van der Waals surface area contributed by atoms with Crippen LogP contribution >= 0.6 is 11.6 Å². The molecule has 1 atom stereocenters. The normalized spacial score (nSPS) is 14.9. The molecule has 1 unspecified atom stereocenters. The number of halogens is 1. The first kappa shape index (κ1) is 25.7. The smallest absolute Gasteiger partial charge is 0.413 e. The van der Waals surface area contributed by atoms with Crippen LogP contribution in [-0.4, -0.2) is 46.7 Å². The number of nitrogens with zero attached hydrogens (tertiary/aromatic N) is 3. The van der Waals surface area contributed by atoms with Gasteiger partial charge < -0.3 is 15.0 Å². The highest BCUT2D eigenvalue weighted by atomic mass is 35.5. The number of unbranched alkanes of at least 4 members (excludes halogenated alkanes) is 1. The molecule has 3 N–H and O–H groups in total. The highest BCUT2D eigenvalue weighted by Gasteiger charge is 2.25. The SMILES string of the molecule is CCOC(=O)NC(=NCCCCc1cnc[nH]1)NCCC1c2ccc(Cl)cc2CCc2cccnc21. The van der Waals surface area contributed by atoms with E-state index in [9.17, 15) is 4.79 Å². The molecule has 8 nitrogen and oxygen atoms in total. The van der Waals surface area contributed by atoms with Crippen LogP contribution < -0.4 is 10.6 Å². The average Bonchev–Trinajstić information content (AvgIpc) is 3.34. The van der Waals surface area contributed by atoms with Crippen molar-refractivity contribution in [1.29, 1.82) is 0 Å². The number of fused-ring (bicyclic) bond motifs is 2. The van der Waals surface area contributed by atoms with Crippen molar-refractivity contribution in [3.05, 3.63) is 82.2 Å². The maximum absolute atomic E-state index is 12.1. The van der Waals surface area contributed by atoms with E-state index < -0.39 is 6.09 Å². The Kier molecular flexibility index (Phi) is 9.33. The molecule has 36 heavy (non-hydrogen) atoms. The topological polar surface area (TPSA) is 104 Å². The third-order valence-corrected chi connectivity index (χ3v) is 6.54. The van der Waals surface area contributed by atoms with Gasteiger partial charge in [-0.15, -0.1) is 0 Å². The fraction of sp³-hybridized carbons (Fsp3) is 0.407. The number of H-pyrrole nitrogens is 1. The predicted octanol–water partition coefficient (Wildman–Crippen LogP) is 4.79. The number of amides is 1. The number of aromatic amines is 1. The first-order chi connectivity index (χ1) is 17.6. The van der Waals surface area contributed by atoms with Gasteiger partial charge in [-0.3, -0.25) is 15.3 Å². The van der Waals surface area contributed by atoms with Gasteiger partial charge in [0.25, 0.3) is 0 Å². The lowest BCUT2D eigenvalue weighted by atomic mass is 9.89. The van der Waals surface area contributed by atoms with Crippen molar-refractivity contribution >= 4 is 23.7 Å². The summed E-state index contributed by atoms with van der Waals surface area (Å²) >= 11 is 6.31. The molecule has 1 aromatic carbocycles. The minimum absolute atomic E-state index is 0.127. The number of carbonyl (C=O) groups is 1. The van der Waals surface area contributed by atoms with E-state index in [1.165, 1.54) is 16.7 Å². The minimum Gasteiger partial charge on any atom is -0.450 e. The zero-order valence-electron chi connectivity index (χ0n) is 20.6. The molecule has 190 valence electrons. The number of aromatic nitrogens is 3. The number of alkyl carbamates (subject to hydrolysis) is 1. The van der Waals surface area contributed by atoms with Crippen molar-refractivity contribution in [1.82, 2.24) is 25.6 Å². The zero-order valence-corrected chi connectivity index (χ0v) is 21.4. The lowest BCUT2D eigenvalue weighted by Gasteiger charge is -2.20. The Morgan fingerprint density at radius 3 is 2.97 bits per heavy atom. The summed E-state index contributed by atoms with van der Waals surface area (Å²) in [7, 11) is 0. The lowest BCUT2D eigenvalue weighted by molar-refractivity contribution is 0.157. The van der Waals surface area contributed by atoms with Crippen molar-refractivity contribution in [2.24, 2.45) is 4.99 Å². The molecule has 2 aromatic heterocycles. The van der Waals surface area contributed by atoms with Crippen LogP contribution in [0.25, 0.3) is 0 Å². The Labute approximate surface area is 217 Å². The van der Waals surface area contributed by atoms with Gasteiger partial charge in [-0.05, 0) is 80.3 Å². The molecule has 0 aliphatic heterocycles. The van der Waals surface area contributed by atoms with E-state index in [0.29, 0.717) is 25.7 Å². The summed E-state index contributed by atoms with van der Waals surface area (Å²) in [6.45, 7) is 3.28. The fourth-order valence-corrected chi connectivity index (χ4v) is 4.79. The Morgan fingerprint density at radius 2 is 2.14 bits per heavy atom. The molecule has 0 fully saturated rings. The van der Waals surface area contributed by atoms with Crippen molar-refractivity contribution in [2.75, 3.05) is 19.7 Å². The number of aliphatic imine (C=N–C) groups is 1. The first-order valence-electron chi connectivity index (χ1n) is 12.6. The van der Waals surface area contributed by atoms with Crippen LogP contribution in [0.15, 0.2) is 54.0 Å². The standard InChI is InChI=1S/C27H33ClN6O2/c1-2-36-27(35)34-26(31-13-4-3-7-22-17-29-18-33-22)32-15-12-24-23-11-10-21(28)16-20(23)9-8-19-6-5-14-30-25(19)24/h5-6,10-11,14,16-18,24H,2-4,7-9,12-13,15H2,1H3,(H,29,33)(H2,31,32,34,35). The number of hydrogen-bond donors (Lipinski definition) is 3. The molecule has 9 heteroatoms. The van der Waals surface area contributed by atoms with Crippen LogP contribution in [0.3, 0.4) is 0 Å². The Morgan fingerprint density at radius 1 is 1.25 bits per heavy atom. The van der Waals surface area contributed by atoms with Gasteiger partial charge in [0.2, 0.25) is 5.96 Å². The van der Waals surface area contributed by atoms with E-state index >= 15 is 0 Å². The van der Waals surface area contributed by atoms with E-state index in [2.05, 4.69) is 43.8 Å². The van der Waals surface area contributed by atoms with Gasteiger partial charge in [-0.25, -0.2) is 9.78 Å². The number of rotatable bonds is 9. The van der Waals surface area contributed by atoms with Crippen LogP contribution in [-0.2, 0) is 24.0 Å². The molecule has 1 aliphatic rings. The second-order valence-corrected chi connectivity index (χ2v) is 9.21. The fourth-order valence-electron chi connectivity index (χ4n) is 4.59. The molecular weight excluding hydrogens is 476 g/mol. The number of carbonyl (C=O) groups excluding carboxylic acids is 1. The molecule has 1 aliphatic carbocycles. The predicted molar refractivity (Wildman–Crippen MR) is 142 cm³/mol. The molecule has 0 bridgehead atoms. The van der Waals surface area contributed by atoms with Crippen molar-refractivity contribution in [2.45, 2.75) is 51.4 Å². The molecule has 0 spiro atoms. The van der Waals surface area contributed by atoms with Gasteiger partial charge in [0.05, 0.1) is 18.6 Å². The van der Waals surface area contributed by atoms with Gasteiger partial charge in [0.1, 0.15) is 0 Å². The van der Waals surface area contributed by atoms with Gasteiger partial charge in [0, 0.05) is 42.1 Å². The minimum atomic E-state index is -0.511. The molecule has 3 aromatic rings. The maximum atomic E-state index is 12.1. The van der Waals surface area contributed by atoms with E-state index in [1.807, 2.05) is 24.5 Å². The van der Waals surface area contributed by atoms with Gasteiger partial charge in [0.15, 0.2) is 0 Å². The average molecular weight is 509 g/mol. The second-order valence-electron chi connectivity index (χ2n) is 8.77. The molecule has 2 heterocycles. The van der Waals surface area contributed by atoms with Crippen molar-refractivity contribution < 1.29 is 9.53 Å². The molecule has 4 rings (SSSR count). The van der Waals surface area contributed by atoms with Crippen molar-refractivity contribution in [3.8, 4) is 0 Å². The summed E-state index contributed by atoms with van der Waals surface area (Å²) in [5.74, 6) is 0.558. The number of imidazole rings is 1. The number of benzene rings is 1. The highest BCUT2D eigenvalue weighted by molar-refractivity contribution is 6.30. The van der Waals surface area contributed by atoms with Crippen molar-refractivity contribution in [3.63, 3.8) is 0 Å². The second kappa shape index (κ2) is 13.1. The summed E-state index contributed by atoms with van der Waals surface area (Å²) < 4.78 is 5.06. The molecule has 1 amide bonds. The number of guanidine groups is 1. The maximum Gasteiger partial charge on any atom is 0.413 e. The monoisotopic (exact) mass is 508 g/mol. The number of aryl methyl sites for hydroxylation is 3. The number of hydrogen-bond acceptors (Lipinski definition) is 5. The number of nitrogens with one attached hydrogen (secondary N) is 3. The summed E-state index contributed by atoms with van der Waals surface area (Å²) in [5.41, 5.74) is 6.01. The molecule has 0 saturated carbocycles. The summed E-state index contributed by atoms with van der Waals surface area (Å²) in [5, 5.41) is 6.82. The molecule has 0 saturated heterocycles. The largest absolute Gasteiger partial charge is 0.450 e. The van der Waals surface area contributed by atoms with Crippen LogP contribution in [0.1, 0.15) is 60.2 Å². The van der Waals surface area contributed by atoms with E-state index in [1.54, 1.807) is 13.3 Å². The lowest BCUT2D eigenvalue weighted by Crippen LogP contribution is -2.42. The Bertz CT molecular complexity index is 1160. The van der Waals surface area contributed by atoms with E-state index in [4.69, 9.17) is 21.3 Å². The van der Waals surface area contributed by atoms with E-state index in [0.717, 1.165) is 54.9 Å². The molecule has 0 radical (unpaired) electrons. The number of ether oxygens (including phenoxy) is 1. The third-order valence-electron chi connectivity index (χ3n) is 6.30. The zero-order chi connectivity index (χ0) is 25.2. The summed E-state index contributed by atoms with van der Waals surface area (Å²) in [6.07, 6.45) is 10.3. The van der Waals surface area contributed by atoms with Gasteiger partial charge >= 0.3 is 6.09 Å². The highest BCUT2D eigenvalue weighted by Crippen LogP contribution is 2.36. The van der Waals surface area contributed by atoms with Gasteiger partial charge in [-0.2, -0.15) is 0 Å². The van der Waals surface area contributed by atoms with Crippen LogP contribution in [0.4, 0.5) is 4.79 Å². The molecular formula is C27H33ClN6O2. The summed E-state index contributed by atoms with van der Waals surface area (Å²) in [4.78, 5) is 28.6. The third kappa shape index (κ3) is 7.07. The summed E-state index contributed by atoms with van der Waals surface area (Å²) in [6, 6.07) is 10.3. The van der Waals surface area contributed by atoms with E-state index in [-0.39, 0.29) is 5.92 Å². The van der Waals surface area contributed by atoms with Gasteiger partial charge in [-0.1, -0.05) is 23.7 Å². The Balaban J connectivity index is 1.41. The Hall–Kier alpha value is -3.39. The van der Waals surface area contributed by atoms with Crippen LogP contribution in [0.2, 0.25) is 5.02 Å². The van der Waals surface area contributed by atoms with Crippen LogP contribution in [0, 0.1) is 0 Å². The van der Waals surface area contributed by atoms with Crippen LogP contribution in [0.5, 0.6) is 0 Å².